The molecular weight excluding hydrogens is 696 g/mol. The number of carbonyl (C=O) groups excluding carboxylic acids is 2. The third-order valence-electron chi connectivity index (χ3n) is 9.53. The average molecular weight is 737 g/mol. The Hall–Kier alpha value is -4.55. The number of pyridine rings is 1. The number of thiophene rings is 1. The third kappa shape index (κ3) is 7.92. The fraction of sp³-hybridized carbons (Fsp3) is 0.350. The smallest absolute Gasteiger partial charge is 0.163 e. The number of hydrogen-bond donors (Lipinski definition) is 1. The van der Waals surface area contributed by atoms with Crippen LogP contribution in [-0.2, 0) is 31.9 Å². The normalized spacial score (nSPS) is 14.8. The van der Waals surface area contributed by atoms with Crippen molar-refractivity contribution in [2.45, 2.75) is 58.9 Å². The Morgan fingerprint density at radius 2 is 1.67 bits per heavy atom. The summed E-state index contributed by atoms with van der Waals surface area (Å²) in [6.45, 7) is 8.68. The Morgan fingerprint density at radius 3 is 2.46 bits per heavy atom. The van der Waals surface area contributed by atoms with Crippen molar-refractivity contribution in [3.05, 3.63) is 110 Å². The second-order valence-electron chi connectivity index (χ2n) is 13.2. The van der Waals surface area contributed by atoms with Gasteiger partial charge in [0.1, 0.15) is 34.3 Å². The number of carbonyl (C=O) groups is 2. The molecule has 1 aliphatic carbocycles. The number of ketones is 2. The van der Waals surface area contributed by atoms with Crippen molar-refractivity contribution in [3.63, 3.8) is 0 Å². The Kier molecular flexibility index (Phi) is 11.0. The van der Waals surface area contributed by atoms with Crippen LogP contribution in [-0.4, -0.2) is 70.0 Å². The molecule has 10 nitrogen and oxygen atoms in total. The van der Waals surface area contributed by atoms with E-state index in [0.717, 1.165) is 61.3 Å². The van der Waals surface area contributed by atoms with Crippen LogP contribution in [0.5, 0.6) is 0 Å². The summed E-state index contributed by atoms with van der Waals surface area (Å²) in [7, 11) is 0. The molecule has 1 N–H and O–H groups in total. The molecule has 0 radical (unpaired) electrons. The van der Waals surface area contributed by atoms with E-state index in [-0.39, 0.29) is 18.0 Å². The summed E-state index contributed by atoms with van der Waals surface area (Å²) < 4.78 is 13.5. The van der Waals surface area contributed by atoms with Gasteiger partial charge >= 0.3 is 0 Å². The molecule has 2 aromatic carbocycles. The van der Waals surface area contributed by atoms with Gasteiger partial charge in [0.05, 0.1) is 25.5 Å². The number of fused-ring (bicyclic) bond motifs is 4. The van der Waals surface area contributed by atoms with Crippen molar-refractivity contribution in [1.82, 2.24) is 19.7 Å². The Labute approximate surface area is 312 Å². The van der Waals surface area contributed by atoms with Gasteiger partial charge in [0.15, 0.2) is 5.82 Å². The van der Waals surface area contributed by atoms with Crippen LogP contribution in [0.3, 0.4) is 0 Å². The van der Waals surface area contributed by atoms with Gasteiger partial charge < -0.3 is 14.8 Å². The highest BCUT2D eigenvalue weighted by Crippen LogP contribution is 2.40. The predicted molar refractivity (Wildman–Crippen MR) is 204 cm³/mol. The van der Waals surface area contributed by atoms with Gasteiger partial charge in [-0.05, 0) is 73.7 Å². The second-order valence-corrected chi connectivity index (χ2v) is 14.8. The molecule has 5 aromatic rings. The summed E-state index contributed by atoms with van der Waals surface area (Å²) in [5, 5.41) is 13.9. The predicted octanol–water partition coefficient (Wildman–Crippen LogP) is 7.41. The number of nitrogens with zero attached hydrogens (tertiary/aromatic N) is 5. The van der Waals surface area contributed by atoms with E-state index in [0.29, 0.717) is 69.5 Å². The van der Waals surface area contributed by atoms with Crippen molar-refractivity contribution >= 4 is 46.0 Å². The Bertz CT molecular complexity index is 2120. The number of Topliss-reactive ketones (excluding diaryl/α,β-unsaturated/α-hetero) is 2. The number of nitrogens with one attached hydrogen (secondary N) is 1. The quantitative estimate of drug-likeness (QED) is 0.110. The van der Waals surface area contributed by atoms with Crippen LogP contribution in [0.2, 0.25) is 5.02 Å². The van der Waals surface area contributed by atoms with Crippen LogP contribution in [0.4, 0.5) is 5.82 Å². The molecule has 0 fully saturated rings. The zero-order chi connectivity index (χ0) is 36.2. The molecule has 0 saturated carbocycles. The number of aliphatic imine (C=N–C) groups is 1. The van der Waals surface area contributed by atoms with E-state index in [1.807, 2.05) is 55.6 Å². The third-order valence-corrected chi connectivity index (χ3v) is 11.0. The monoisotopic (exact) mass is 736 g/mol. The van der Waals surface area contributed by atoms with E-state index in [4.69, 9.17) is 26.1 Å². The highest BCUT2D eigenvalue weighted by atomic mass is 35.5. The standard InChI is InChI=1S/C40H41ClN6O4S/c1-24-25(2)52-40-37(24)38(27-8-11-32(41)12-9-27)44-35(39-46-45-26(3)47(39)40)22-33(48)5-4-15-50-17-18-51-16-14-42-36-13-10-30(23-43-36)28-6-7-29-20-34(49)21-31(29)19-28/h6-13,19,23,35H,4-5,14-18,20-22H2,1-3H3,(H,42,43)/t35-/m0/s1. The number of aryl methyl sites for hydroxylation is 2. The fourth-order valence-corrected chi connectivity index (χ4v) is 8.03. The highest BCUT2D eigenvalue weighted by molar-refractivity contribution is 7.15. The van der Waals surface area contributed by atoms with Crippen molar-refractivity contribution in [2.24, 2.45) is 4.99 Å². The van der Waals surface area contributed by atoms with Gasteiger partial charge in [0.2, 0.25) is 0 Å². The molecule has 0 spiro atoms. The zero-order valence-corrected chi connectivity index (χ0v) is 31.1. The van der Waals surface area contributed by atoms with E-state index in [1.54, 1.807) is 11.3 Å². The molecule has 0 bridgehead atoms. The SMILES string of the molecule is Cc1sc2c(c1C)C(c1ccc(Cl)cc1)=N[C@@H](CC(=O)CCCOCCOCCNc1ccc(-c3ccc4c(c3)CC(=O)C4)cn1)c1nnc(C)n1-2. The molecular formula is C40H41ClN6O4S. The van der Waals surface area contributed by atoms with E-state index in [2.05, 4.69) is 51.0 Å². The molecule has 4 heterocycles. The lowest BCUT2D eigenvalue weighted by Gasteiger charge is -2.12. The highest BCUT2D eigenvalue weighted by Gasteiger charge is 2.32. The maximum atomic E-state index is 13.3. The van der Waals surface area contributed by atoms with E-state index in [9.17, 15) is 9.59 Å². The first-order valence-corrected chi connectivity index (χ1v) is 18.8. The van der Waals surface area contributed by atoms with Gasteiger partial charge in [-0.1, -0.05) is 41.9 Å². The van der Waals surface area contributed by atoms with Crippen molar-refractivity contribution in [1.29, 1.82) is 0 Å². The minimum absolute atomic E-state index is 0.103. The van der Waals surface area contributed by atoms with Crippen LogP contribution in [0.25, 0.3) is 16.1 Å². The summed E-state index contributed by atoms with van der Waals surface area (Å²) in [6, 6.07) is 17.4. The lowest BCUT2D eigenvalue weighted by Crippen LogP contribution is -2.14. The van der Waals surface area contributed by atoms with Crippen LogP contribution in [0.1, 0.15) is 69.6 Å². The molecule has 0 unspecified atom stereocenters. The summed E-state index contributed by atoms with van der Waals surface area (Å²) in [4.78, 5) is 36.0. The lowest BCUT2D eigenvalue weighted by molar-refractivity contribution is -0.120. The van der Waals surface area contributed by atoms with Crippen LogP contribution in [0.15, 0.2) is 65.8 Å². The Balaban J connectivity index is 0.840. The first kappa shape index (κ1) is 35.8. The maximum Gasteiger partial charge on any atom is 0.163 e. The van der Waals surface area contributed by atoms with Crippen LogP contribution >= 0.6 is 22.9 Å². The minimum Gasteiger partial charge on any atom is -0.379 e. The van der Waals surface area contributed by atoms with Gasteiger partial charge in [-0.2, -0.15) is 0 Å². The largest absolute Gasteiger partial charge is 0.379 e. The molecule has 7 rings (SSSR count). The molecule has 268 valence electrons. The van der Waals surface area contributed by atoms with Gasteiger partial charge in [0.25, 0.3) is 0 Å². The molecule has 0 saturated heterocycles. The molecule has 0 amide bonds. The van der Waals surface area contributed by atoms with Gasteiger partial charge in [-0.15, -0.1) is 21.5 Å². The summed E-state index contributed by atoms with van der Waals surface area (Å²) in [5.41, 5.74) is 8.34. The summed E-state index contributed by atoms with van der Waals surface area (Å²) >= 11 is 7.92. The number of anilines is 1. The van der Waals surface area contributed by atoms with Crippen LogP contribution < -0.4 is 5.32 Å². The second kappa shape index (κ2) is 16.0. The topological polar surface area (TPSA) is 121 Å². The van der Waals surface area contributed by atoms with Crippen molar-refractivity contribution < 1.29 is 19.1 Å². The number of aromatic nitrogens is 4. The van der Waals surface area contributed by atoms with Gasteiger partial charge in [0, 0.05) is 71.6 Å². The van der Waals surface area contributed by atoms with Crippen molar-refractivity contribution in [2.75, 3.05) is 38.3 Å². The Morgan fingerprint density at radius 1 is 0.923 bits per heavy atom. The van der Waals surface area contributed by atoms with Crippen molar-refractivity contribution in [3.8, 4) is 16.1 Å². The summed E-state index contributed by atoms with van der Waals surface area (Å²) in [5.74, 6) is 2.61. The lowest BCUT2D eigenvalue weighted by atomic mass is 9.99. The van der Waals surface area contributed by atoms with E-state index in [1.165, 1.54) is 4.88 Å². The molecule has 1 atom stereocenters. The van der Waals surface area contributed by atoms with Gasteiger partial charge in [-0.3, -0.25) is 19.1 Å². The molecule has 2 aliphatic rings. The van der Waals surface area contributed by atoms with Crippen LogP contribution in [0, 0.1) is 20.8 Å². The first-order valence-electron chi connectivity index (χ1n) is 17.6. The number of halogens is 1. The molecule has 52 heavy (non-hydrogen) atoms. The number of rotatable bonds is 15. The zero-order valence-electron chi connectivity index (χ0n) is 29.6. The number of hydrogen-bond acceptors (Lipinski definition) is 10. The van der Waals surface area contributed by atoms with Gasteiger partial charge in [-0.25, -0.2) is 4.98 Å². The molecule has 3 aromatic heterocycles. The summed E-state index contributed by atoms with van der Waals surface area (Å²) in [6.07, 6.45) is 4.14. The number of benzene rings is 2. The first-order chi connectivity index (χ1) is 25.2. The average Bonchev–Trinajstić information content (AvgIpc) is 3.77. The van der Waals surface area contributed by atoms with E-state index < -0.39 is 6.04 Å². The fourth-order valence-electron chi connectivity index (χ4n) is 6.69. The minimum atomic E-state index is -0.466. The molecule has 1 aliphatic heterocycles. The maximum absolute atomic E-state index is 13.3. The molecule has 12 heteroatoms. The van der Waals surface area contributed by atoms with E-state index >= 15 is 0 Å². The number of ether oxygens (including phenoxy) is 2.